The quantitative estimate of drug-likeness (QED) is 0.224. The molecular formula is C27H25N3O6. The fourth-order valence-electron chi connectivity index (χ4n) is 3.03. The number of hydrogen-bond donors (Lipinski definition) is 3. The van der Waals surface area contributed by atoms with E-state index < -0.39 is 5.91 Å². The zero-order valence-corrected chi connectivity index (χ0v) is 19.7. The molecule has 0 aliphatic rings. The second-order valence-corrected chi connectivity index (χ2v) is 7.46. The van der Waals surface area contributed by atoms with Crippen LogP contribution in [0.5, 0.6) is 23.0 Å². The molecule has 9 heteroatoms. The van der Waals surface area contributed by atoms with Gasteiger partial charge in [-0.2, -0.15) is 5.10 Å². The first-order valence-electron chi connectivity index (χ1n) is 10.8. The third-order valence-electron chi connectivity index (χ3n) is 4.92. The van der Waals surface area contributed by atoms with Gasteiger partial charge in [0.1, 0.15) is 0 Å². The third kappa shape index (κ3) is 7.29. The number of nitrogens with zero attached hydrogens (tertiary/aromatic N) is 2. The van der Waals surface area contributed by atoms with E-state index in [1.54, 1.807) is 60.8 Å². The van der Waals surface area contributed by atoms with Crippen LogP contribution in [-0.2, 0) is 4.79 Å². The molecule has 9 nitrogen and oxygen atoms in total. The van der Waals surface area contributed by atoms with E-state index in [0.29, 0.717) is 22.4 Å². The molecule has 0 bridgehead atoms. The van der Waals surface area contributed by atoms with Gasteiger partial charge in [-0.05, 0) is 59.7 Å². The number of ether oxygens (including phenoxy) is 2. The molecule has 1 heterocycles. The molecule has 0 unspecified atom stereocenters. The molecule has 1 aromatic heterocycles. The van der Waals surface area contributed by atoms with Gasteiger partial charge in [-0.3, -0.25) is 14.6 Å². The largest absolute Gasteiger partial charge is 0.504 e. The minimum atomic E-state index is -0.473. The smallest absolute Gasteiger partial charge is 0.272 e. The number of rotatable bonds is 10. The van der Waals surface area contributed by atoms with E-state index in [0.717, 1.165) is 0 Å². The summed E-state index contributed by atoms with van der Waals surface area (Å²) in [7, 11) is 2.88. The summed E-state index contributed by atoms with van der Waals surface area (Å²) in [5.74, 6) is -0.167. The Morgan fingerprint density at radius 1 is 0.944 bits per heavy atom. The van der Waals surface area contributed by atoms with Crippen molar-refractivity contribution in [3.05, 3.63) is 89.8 Å². The van der Waals surface area contributed by atoms with Crippen molar-refractivity contribution in [3.8, 4) is 23.0 Å². The Hall–Kier alpha value is -4.92. The van der Waals surface area contributed by atoms with Crippen LogP contribution in [0.4, 0.5) is 0 Å². The summed E-state index contributed by atoms with van der Waals surface area (Å²) in [4.78, 5) is 28.9. The normalized spacial score (nSPS) is 11.6. The number of methoxy groups -OCH3 is 2. The molecular weight excluding hydrogens is 462 g/mol. The summed E-state index contributed by atoms with van der Waals surface area (Å²) in [6, 6.07) is 12.7. The third-order valence-corrected chi connectivity index (χ3v) is 4.92. The molecule has 184 valence electrons. The molecule has 0 radical (unpaired) electrons. The van der Waals surface area contributed by atoms with Crippen molar-refractivity contribution in [1.82, 2.24) is 10.4 Å². The summed E-state index contributed by atoms with van der Waals surface area (Å²) < 4.78 is 10.2. The van der Waals surface area contributed by atoms with Crippen molar-refractivity contribution in [2.24, 2.45) is 5.10 Å². The standard InChI is InChI=1S/C27H25N3O6/c1-35-25-14-18(7-11-23(25)32)5-9-21(29-30-27(34)20-4-3-13-28-17-20)16-22(31)10-6-19-8-12-24(33)26(15-19)36-2/h3-15,17,32-33H,16H2,1-2H3,(H,30,34)/b9-5+,10-6+,29-21-. The Morgan fingerprint density at radius 2 is 1.56 bits per heavy atom. The molecule has 0 saturated heterocycles. The van der Waals surface area contributed by atoms with Crippen LogP contribution in [0.15, 0.2) is 78.2 Å². The zero-order valence-electron chi connectivity index (χ0n) is 19.7. The highest BCUT2D eigenvalue weighted by Gasteiger charge is 2.08. The van der Waals surface area contributed by atoms with E-state index in [9.17, 15) is 19.8 Å². The van der Waals surface area contributed by atoms with E-state index in [-0.39, 0.29) is 35.2 Å². The van der Waals surface area contributed by atoms with Gasteiger partial charge in [-0.1, -0.05) is 24.3 Å². The molecule has 0 saturated carbocycles. The van der Waals surface area contributed by atoms with Crippen molar-refractivity contribution in [1.29, 1.82) is 0 Å². The van der Waals surface area contributed by atoms with Crippen molar-refractivity contribution in [2.75, 3.05) is 14.2 Å². The van der Waals surface area contributed by atoms with Crippen molar-refractivity contribution in [3.63, 3.8) is 0 Å². The van der Waals surface area contributed by atoms with Gasteiger partial charge in [0.15, 0.2) is 28.8 Å². The van der Waals surface area contributed by atoms with Gasteiger partial charge in [-0.25, -0.2) is 5.43 Å². The van der Waals surface area contributed by atoms with E-state index >= 15 is 0 Å². The Kier molecular flexibility index (Phi) is 8.94. The van der Waals surface area contributed by atoms with Crippen molar-refractivity contribution >= 4 is 29.6 Å². The molecule has 0 aliphatic carbocycles. The van der Waals surface area contributed by atoms with E-state index in [4.69, 9.17) is 9.47 Å². The van der Waals surface area contributed by atoms with Crippen LogP contribution in [0.25, 0.3) is 12.2 Å². The Labute approximate surface area is 208 Å². The number of hydrogen-bond acceptors (Lipinski definition) is 8. The maximum atomic E-state index is 12.7. The number of ketones is 1. The number of carbonyl (C=O) groups is 2. The maximum absolute atomic E-state index is 12.7. The Morgan fingerprint density at radius 3 is 2.11 bits per heavy atom. The minimum absolute atomic E-state index is 0.00143. The average molecular weight is 488 g/mol. The topological polar surface area (TPSA) is 130 Å². The lowest BCUT2D eigenvalue weighted by molar-refractivity contribution is -0.113. The van der Waals surface area contributed by atoms with E-state index in [1.165, 1.54) is 38.6 Å². The lowest BCUT2D eigenvalue weighted by atomic mass is 10.1. The Bertz CT molecular complexity index is 1320. The number of benzene rings is 2. The van der Waals surface area contributed by atoms with Crippen LogP contribution in [0.2, 0.25) is 0 Å². The number of allylic oxidation sites excluding steroid dienone is 2. The molecule has 0 fully saturated rings. The van der Waals surface area contributed by atoms with Gasteiger partial charge in [-0.15, -0.1) is 0 Å². The van der Waals surface area contributed by atoms with Gasteiger partial charge in [0.2, 0.25) is 0 Å². The number of hydrazone groups is 1. The maximum Gasteiger partial charge on any atom is 0.272 e. The number of pyridine rings is 1. The van der Waals surface area contributed by atoms with E-state index in [1.807, 2.05) is 0 Å². The zero-order chi connectivity index (χ0) is 25.9. The fourth-order valence-corrected chi connectivity index (χ4v) is 3.03. The van der Waals surface area contributed by atoms with Crippen LogP contribution in [0.3, 0.4) is 0 Å². The monoisotopic (exact) mass is 487 g/mol. The van der Waals surface area contributed by atoms with Crippen molar-refractivity contribution in [2.45, 2.75) is 6.42 Å². The number of phenolic OH excluding ortho intramolecular Hbond substituents is 2. The van der Waals surface area contributed by atoms with Crippen LogP contribution in [0.1, 0.15) is 27.9 Å². The number of amides is 1. The number of aromatic nitrogens is 1. The fraction of sp³-hybridized carbons (Fsp3) is 0.111. The van der Waals surface area contributed by atoms with E-state index in [2.05, 4.69) is 15.5 Å². The predicted octanol–water partition coefficient (Wildman–Crippen LogP) is 3.98. The SMILES string of the molecule is COc1cc(/C=C/C(=O)CC(/C=C/c2ccc(O)c(OC)c2)=N\NC(=O)c2cccnc2)ccc1O. The molecule has 0 atom stereocenters. The van der Waals surface area contributed by atoms with Gasteiger partial charge in [0.25, 0.3) is 5.91 Å². The molecule has 2 aromatic carbocycles. The molecule has 36 heavy (non-hydrogen) atoms. The summed E-state index contributed by atoms with van der Waals surface area (Å²) in [6.07, 6.45) is 9.08. The number of aromatic hydroxyl groups is 2. The lowest BCUT2D eigenvalue weighted by Gasteiger charge is -2.05. The predicted molar refractivity (Wildman–Crippen MR) is 136 cm³/mol. The van der Waals surface area contributed by atoms with Crippen LogP contribution in [0, 0.1) is 0 Å². The second-order valence-electron chi connectivity index (χ2n) is 7.46. The molecule has 0 aliphatic heterocycles. The summed E-state index contributed by atoms with van der Waals surface area (Å²) in [5, 5.41) is 23.6. The molecule has 1 amide bonds. The second kappa shape index (κ2) is 12.5. The molecule has 3 aromatic rings. The first kappa shape index (κ1) is 25.7. The highest BCUT2D eigenvalue weighted by molar-refractivity contribution is 6.13. The molecule has 3 N–H and O–H groups in total. The number of nitrogens with one attached hydrogen (secondary N) is 1. The molecule has 3 rings (SSSR count). The summed E-state index contributed by atoms with van der Waals surface area (Å²) in [6.45, 7) is 0. The van der Waals surface area contributed by atoms with Crippen molar-refractivity contribution < 1.29 is 29.3 Å². The lowest BCUT2D eigenvalue weighted by Crippen LogP contribution is -2.20. The highest BCUT2D eigenvalue weighted by Crippen LogP contribution is 2.27. The summed E-state index contributed by atoms with van der Waals surface area (Å²) in [5.41, 5.74) is 4.40. The molecule has 0 spiro atoms. The van der Waals surface area contributed by atoms with Crippen LogP contribution < -0.4 is 14.9 Å². The van der Waals surface area contributed by atoms with Gasteiger partial charge in [0, 0.05) is 12.4 Å². The number of phenols is 2. The van der Waals surface area contributed by atoms with Crippen LogP contribution >= 0.6 is 0 Å². The minimum Gasteiger partial charge on any atom is -0.504 e. The average Bonchev–Trinajstić information content (AvgIpc) is 2.90. The van der Waals surface area contributed by atoms with Gasteiger partial charge >= 0.3 is 0 Å². The summed E-state index contributed by atoms with van der Waals surface area (Å²) >= 11 is 0. The van der Waals surface area contributed by atoms with Crippen LogP contribution in [-0.4, -0.2) is 46.8 Å². The highest BCUT2D eigenvalue weighted by atomic mass is 16.5. The number of carbonyl (C=O) groups excluding carboxylic acids is 2. The first-order valence-corrected chi connectivity index (χ1v) is 10.8. The first-order chi connectivity index (χ1) is 17.4. The van der Waals surface area contributed by atoms with Gasteiger partial charge < -0.3 is 19.7 Å². The Balaban J connectivity index is 1.79. The van der Waals surface area contributed by atoms with Gasteiger partial charge in [0.05, 0.1) is 31.9 Å².